The first-order valence-corrected chi connectivity index (χ1v) is 4.74. The van der Waals surface area contributed by atoms with Crippen molar-refractivity contribution in [2.24, 2.45) is 5.73 Å². The average Bonchev–Trinajstić information content (AvgIpc) is 2.16. The average molecular weight is 248 g/mol. The summed E-state index contributed by atoms with van der Waals surface area (Å²) in [6.45, 7) is 0.0909. The Labute approximate surface area is 85.0 Å². The maximum absolute atomic E-state index is 11.8. The first-order chi connectivity index (χ1) is 6.27. The molecule has 1 aromatic rings. The normalized spacial score (nSPS) is 10.1. The van der Waals surface area contributed by atoms with Gasteiger partial charge >= 0.3 is 0 Å². The second-order valence-corrected chi connectivity index (χ2v) is 3.36. The van der Waals surface area contributed by atoms with Gasteiger partial charge in [0.15, 0.2) is 0 Å². The SMILES string of the molecule is NCc1ccc(OCCF)c(Br)c1. The van der Waals surface area contributed by atoms with Crippen molar-refractivity contribution in [3.05, 3.63) is 28.2 Å². The van der Waals surface area contributed by atoms with Crippen LogP contribution >= 0.6 is 15.9 Å². The van der Waals surface area contributed by atoms with Crippen LogP contribution in [0.1, 0.15) is 5.56 Å². The van der Waals surface area contributed by atoms with E-state index < -0.39 is 6.67 Å². The molecule has 0 aliphatic carbocycles. The van der Waals surface area contributed by atoms with E-state index in [1.807, 2.05) is 12.1 Å². The molecule has 0 unspecified atom stereocenters. The molecule has 0 heterocycles. The lowest BCUT2D eigenvalue weighted by atomic mass is 10.2. The summed E-state index contributed by atoms with van der Waals surface area (Å²) >= 11 is 3.32. The lowest BCUT2D eigenvalue weighted by Gasteiger charge is -2.06. The molecule has 0 radical (unpaired) electrons. The van der Waals surface area contributed by atoms with Gasteiger partial charge in [0, 0.05) is 6.54 Å². The van der Waals surface area contributed by atoms with Crippen molar-refractivity contribution in [3.63, 3.8) is 0 Å². The molecule has 2 N–H and O–H groups in total. The van der Waals surface area contributed by atoms with E-state index in [9.17, 15) is 4.39 Å². The van der Waals surface area contributed by atoms with E-state index in [1.54, 1.807) is 6.07 Å². The van der Waals surface area contributed by atoms with Crippen LogP contribution in [-0.4, -0.2) is 13.3 Å². The molecule has 0 aromatic heterocycles. The molecule has 1 rings (SSSR count). The van der Waals surface area contributed by atoms with Crippen molar-refractivity contribution >= 4 is 15.9 Å². The second-order valence-electron chi connectivity index (χ2n) is 2.51. The van der Waals surface area contributed by atoms with Gasteiger partial charge in [-0.2, -0.15) is 0 Å². The molecule has 13 heavy (non-hydrogen) atoms. The summed E-state index contributed by atoms with van der Waals surface area (Å²) in [5.74, 6) is 0.648. The van der Waals surface area contributed by atoms with E-state index >= 15 is 0 Å². The molecule has 0 bridgehead atoms. The van der Waals surface area contributed by atoms with E-state index in [-0.39, 0.29) is 6.61 Å². The van der Waals surface area contributed by atoms with Crippen molar-refractivity contribution in [1.29, 1.82) is 0 Å². The molecule has 4 heteroatoms. The van der Waals surface area contributed by atoms with Crippen molar-refractivity contribution in [1.82, 2.24) is 0 Å². The van der Waals surface area contributed by atoms with Crippen LogP contribution in [0.15, 0.2) is 22.7 Å². The molecule has 0 saturated carbocycles. The van der Waals surface area contributed by atoms with Crippen LogP contribution < -0.4 is 10.5 Å². The summed E-state index contributed by atoms with van der Waals surface area (Å²) in [4.78, 5) is 0. The van der Waals surface area contributed by atoms with Crippen molar-refractivity contribution < 1.29 is 9.13 Å². The molecular weight excluding hydrogens is 237 g/mol. The maximum atomic E-state index is 11.8. The minimum atomic E-state index is -0.481. The minimum absolute atomic E-state index is 0.0839. The number of halogens is 2. The molecule has 72 valence electrons. The molecule has 0 atom stereocenters. The molecule has 0 spiro atoms. The fourth-order valence-corrected chi connectivity index (χ4v) is 1.48. The van der Waals surface area contributed by atoms with Crippen LogP contribution in [0.5, 0.6) is 5.75 Å². The smallest absolute Gasteiger partial charge is 0.133 e. The highest BCUT2D eigenvalue weighted by Crippen LogP contribution is 2.25. The predicted molar refractivity (Wildman–Crippen MR) is 53.5 cm³/mol. The number of ether oxygens (including phenoxy) is 1. The molecular formula is C9H11BrFNO. The fourth-order valence-electron chi connectivity index (χ4n) is 0.937. The standard InChI is InChI=1S/C9H11BrFNO/c10-8-5-7(6-12)1-2-9(8)13-4-3-11/h1-2,5H,3-4,6,12H2. The Bertz CT molecular complexity index is 280. The minimum Gasteiger partial charge on any atom is -0.490 e. The first-order valence-electron chi connectivity index (χ1n) is 3.95. The number of hydrogen-bond donors (Lipinski definition) is 1. The lowest BCUT2D eigenvalue weighted by molar-refractivity contribution is 0.272. The lowest BCUT2D eigenvalue weighted by Crippen LogP contribution is -2.01. The summed E-state index contributed by atoms with van der Waals surface area (Å²) in [7, 11) is 0. The van der Waals surface area contributed by atoms with Crippen LogP contribution in [0, 0.1) is 0 Å². The van der Waals surface area contributed by atoms with Crippen LogP contribution in [0.3, 0.4) is 0 Å². The second kappa shape index (κ2) is 5.19. The summed E-state index contributed by atoms with van der Waals surface area (Å²) in [5, 5.41) is 0. The van der Waals surface area contributed by atoms with Crippen molar-refractivity contribution in [2.45, 2.75) is 6.54 Å². The van der Waals surface area contributed by atoms with Crippen LogP contribution in [0.2, 0.25) is 0 Å². The predicted octanol–water partition coefficient (Wildman–Crippen LogP) is 2.26. The number of hydrogen-bond acceptors (Lipinski definition) is 2. The van der Waals surface area contributed by atoms with Gasteiger partial charge in [0.1, 0.15) is 19.0 Å². The highest BCUT2D eigenvalue weighted by Gasteiger charge is 2.01. The van der Waals surface area contributed by atoms with Crippen LogP contribution in [-0.2, 0) is 6.54 Å². The zero-order valence-corrected chi connectivity index (χ0v) is 8.68. The van der Waals surface area contributed by atoms with Crippen LogP contribution in [0.25, 0.3) is 0 Å². The number of nitrogens with two attached hydrogens (primary N) is 1. The topological polar surface area (TPSA) is 35.2 Å². The van der Waals surface area contributed by atoms with Gasteiger partial charge in [-0.15, -0.1) is 0 Å². The Morgan fingerprint density at radius 1 is 1.46 bits per heavy atom. The summed E-state index contributed by atoms with van der Waals surface area (Å²) in [5.41, 5.74) is 6.46. The number of benzene rings is 1. The van der Waals surface area contributed by atoms with Crippen molar-refractivity contribution in [3.8, 4) is 5.75 Å². The third-order valence-corrected chi connectivity index (χ3v) is 2.19. The summed E-state index contributed by atoms with van der Waals surface area (Å²) < 4.78 is 17.7. The highest BCUT2D eigenvalue weighted by atomic mass is 79.9. The van der Waals surface area contributed by atoms with E-state index in [2.05, 4.69) is 15.9 Å². The summed E-state index contributed by atoms with van der Waals surface area (Å²) in [6.07, 6.45) is 0. The quantitative estimate of drug-likeness (QED) is 0.886. The molecule has 0 fully saturated rings. The third kappa shape index (κ3) is 2.97. The van der Waals surface area contributed by atoms with Gasteiger partial charge in [0.05, 0.1) is 4.47 Å². The monoisotopic (exact) mass is 247 g/mol. The third-order valence-electron chi connectivity index (χ3n) is 1.57. The van der Waals surface area contributed by atoms with Gasteiger partial charge in [-0.3, -0.25) is 0 Å². The Morgan fingerprint density at radius 3 is 2.77 bits per heavy atom. The Hall–Kier alpha value is -0.610. The fraction of sp³-hybridized carbons (Fsp3) is 0.333. The first kappa shape index (κ1) is 10.5. The molecule has 1 aromatic carbocycles. The Kier molecular flexibility index (Phi) is 4.18. The van der Waals surface area contributed by atoms with Gasteiger partial charge in [-0.05, 0) is 33.6 Å². The van der Waals surface area contributed by atoms with Gasteiger partial charge in [0.25, 0.3) is 0 Å². The van der Waals surface area contributed by atoms with E-state index in [4.69, 9.17) is 10.5 Å². The number of alkyl halides is 1. The molecule has 2 nitrogen and oxygen atoms in total. The van der Waals surface area contributed by atoms with Gasteiger partial charge in [-0.25, -0.2) is 4.39 Å². The number of rotatable bonds is 4. The zero-order valence-electron chi connectivity index (χ0n) is 7.09. The maximum Gasteiger partial charge on any atom is 0.133 e. The Balaban J connectivity index is 2.73. The molecule has 0 amide bonds. The van der Waals surface area contributed by atoms with E-state index in [0.717, 1.165) is 10.0 Å². The Morgan fingerprint density at radius 2 is 2.23 bits per heavy atom. The van der Waals surface area contributed by atoms with Gasteiger partial charge in [0.2, 0.25) is 0 Å². The van der Waals surface area contributed by atoms with Crippen LogP contribution in [0.4, 0.5) is 4.39 Å². The van der Waals surface area contributed by atoms with E-state index in [1.165, 1.54) is 0 Å². The molecule has 0 aliphatic heterocycles. The van der Waals surface area contributed by atoms with Gasteiger partial charge < -0.3 is 10.5 Å². The highest BCUT2D eigenvalue weighted by molar-refractivity contribution is 9.10. The van der Waals surface area contributed by atoms with Gasteiger partial charge in [-0.1, -0.05) is 6.07 Å². The van der Waals surface area contributed by atoms with E-state index in [0.29, 0.717) is 12.3 Å². The zero-order chi connectivity index (χ0) is 9.68. The molecule has 0 saturated heterocycles. The molecule has 0 aliphatic rings. The largest absolute Gasteiger partial charge is 0.490 e. The summed E-state index contributed by atoms with van der Waals surface area (Å²) in [6, 6.07) is 5.51. The van der Waals surface area contributed by atoms with Crippen molar-refractivity contribution in [2.75, 3.05) is 13.3 Å².